The third-order valence-corrected chi connectivity index (χ3v) is 3.63. The van der Waals surface area contributed by atoms with Crippen LogP contribution in [0, 0.1) is 5.92 Å². The summed E-state index contributed by atoms with van der Waals surface area (Å²) in [6.45, 7) is 2.24. The maximum atomic E-state index is 11.8. The van der Waals surface area contributed by atoms with Gasteiger partial charge in [0.25, 0.3) is 0 Å². The molecular weight excluding hydrogens is 268 g/mol. The topological polar surface area (TPSA) is 78.4 Å². The Hall–Kier alpha value is -1.88. The highest BCUT2D eigenvalue weighted by molar-refractivity contribution is 5.85. The number of amides is 2. The predicted molar refractivity (Wildman–Crippen MR) is 79.4 cm³/mol. The van der Waals surface area contributed by atoms with E-state index in [0.29, 0.717) is 18.0 Å². The van der Waals surface area contributed by atoms with E-state index < -0.39 is 5.60 Å². The monoisotopic (exact) mass is 290 g/mol. The highest BCUT2D eigenvalue weighted by Crippen LogP contribution is 2.27. The van der Waals surface area contributed by atoms with Crippen molar-refractivity contribution in [2.24, 2.45) is 5.92 Å². The van der Waals surface area contributed by atoms with Crippen molar-refractivity contribution >= 4 is 11.8 Å². The van der Waals surface area contributed by atoms with Crippen molar-refractivity contribution in [2.75, 3.05) is 13.1 Å². The lowest BCUT2D eigenvalue weighted by atomic mass is 9.92. The second-order valence-corrected chi connectivity index (χ2v) is 5.84. The molecular formula is C16H22N2O3. The summed E-state index contributed by atoms with van der Waals surface area (Å²) in [7, 11) is 0. The van der Waals surface area contributed by atoms with Crippen molar-refractivity contribution < 1.29 is 14.7 Å². The molecule has 1 aromatic rings. The van der Waals surface area contributed by atoms with Crippen LogP contribution >= 0.6 is 0 Å². The maximum Gasteiger partial charge on any atom is 0.239 e. The molecule has 0 radical (unpaired) electrons. The number of nitrogens with one attached hydrogen (secondary N) is 2. The summed E-state index contributed by atoms with van der Waals surface area (Å²) >= 11 is 0. The normalized spacial score (nSPS) is 16.9. The quantitative estimate of drug-likeness (QED) is 0.699. The highest BCUT2D eigenvalue weighted by Gasteiger charge is 2.26. The molecule has 21 heavy (non-hydrogen) atoms. The maximum absolute atomic E-state index is 11.8. The minimum absolute atomic E-state index is 0.0452. The predicted octanol–water partition coefficient (Wildman–Crippen LogP) is 0.927. The van der Waals surface area contributed by atoms with Crippen molar-refractivity contribution in [3.63, 3.8) is 0 Å². The van der Waals surface area contributed by atoms with Gasteiger partial charge in [-0.3, -0.25) is 9.59 Å². The lowest BCUT2D eigenvalue weighted by Gasteiger charge is -2.23. The Bertz CT molecular complexity index is 496. The number of hydrogen-bond acceptors (Lipinski definition) is 3. The molecule has 2 amide bonds. The zero-order chi connectivity index (χ0) is 15.3. The van der Waals surface area contributed by atoms with Gasteiger partial charge in [0.1, 0.15) is 0 Å². The van der Waals surface area contributed by atoms with Gasteiger partial charge in [-0.05, 0) is 31.2 Å². The summed E-state index contributed by atoms with van der Waals surface area (Å²) in [5.74, 6) is 0.0866. The van der Waals surface area contributed by atoms with E-state index in [4.69, 9.17) is 0 Å². The van der Waals surface area contributed by atoms with Gasteiger partial charge in [0.05, 0.1) is 18.6 Å². The van der Waals surface area contributed by atoms with E-state index in [2.05, 4.69) is 10.6 Å². The molecule has 1 unspecified atom stereocenters. The zero-order valence-corrected chi connectivity index (χ0v) is 12.3. The molecule has 0 aliphatic heterocycles. The van der Waals surface area contributed by atoms with Crippen LogP contribution in [-0.4, -0.2) is 30.0 Å². The molecule has 0 bridgehead atoms. The number of aliphatic hydroxyl groups is 1. The molecule has 1 aliphatic rings. The van der Waals surface area contributed by atoms with Crippen molar-refractivity contribution in [3.05, 3.63) is 35.9 Å². The van der Waals surface area contributed by atoms with Gasteiger partial charge >= 0.3 is 0 Å². The third-order valence-electron chi connectivity index (χ3n) is 3.63. The van der Waals surface area contributed by atoms with Crippen molar-refractivity contribution in [1.29, 1.82) is 0 Å². The second kappa shape index (κ2) is 6.72. The molecule has 1 fully saturated rings. The minimum Gasteiger partial charge on any atom is -0.385 e. The van der Waals surface area contributed by atoms with Crippen molar-refractivity contribution in [2.45, 2.75) is 31.8 Å². The van der Waals surface area contributed by atoms with E-state index in [9.17, 15) is 14.7 Å². The van der Waals surface area contributed by atoms with Crippen LogP contribution in [0.25, 0.3) is 0 Å². The summed E-state index contributed by atoms with van der Waals surface area (Å²) in [6, 6.07) is 9.02. The second-order valence-electron chi connectivity index (χ2n) is 5.84. The molecule has 0 spiro atoms. The first kappa shape index (κ1) is 15.5. The van der Waals surface area contributed by atoms with Crippen LogP contribution < -0.4 is 10.6 Å². The van der Waals surface area contributed by atoms with E-state index in [1.54, 1.807) is 19.1 Å². The van der Waals surface area contributed by atoms with Crippen LogP contribution in [0.5, 0.6) is 0 Å². The first-order valence-corrected chi connectivity index (χ1v) is 7.29. The molecule has 0 heterocycles. The van der Waals surface area contributed by atoms with Crippen molar-refractivity contribution in [1.82, 2.24) is 10.6 Å². The molecule has 1 atom stereocenters. The summed E-state index contributed by atoms with van der Waals surface area (Å²) < 4.78 is 0. The molecule has 0 aromatic heterocycles. The fourth-order valence-electron chi connectivity index (χ4n) is 2.10. The molecule has 1 aromatic carbocycles. The van der Waals surface area contributed by atoms with E-state index >= 15 is 0 Å². The Morgan fingerprint density at radius 1 is 1.19 bits per heavy atom. The fourth-order valence-corrected chi connectivity index (χ4v) is 2.10. The van der Waals surface area contributed by atoms with Gasteiger partial charge in [-0.15, -0.1) is 0 Å². The summed E-state index contributed by atoms with van der Waals surface area (Å²) in [5.41, 5.74) is -0.561. The van der Waals surface area contributed by atoms with E-state index in [1.165, 1.54) is 12.8 Å². The van der Waals surface area contributed by atoms with Crippen LogP contribution in [0.2, 0.25) is 0 Å². The van der Waals surface area contributed by atoms with Gasteiger partial charge in [0.2, 0.25) is 11.8 Å². The Morgan fingerprint density at radius 2 is 1.86 bits per heavy atom. The molecule has 0 saturated heterocycles. The van der Waals surface area contributed by atoms with E-state index in [1.807, 2.05) is 18.2 Å². The highest BCUT2D eigenvalue weighted by atomic mass is 16.3. The number of hydrogen-bond donors (Lipinski definition) is 3. The number of carbonyl (C=O) groups excluding carboxylic acids is 2. The third kappa shape index (κ3) is 5.19. The smallest absolute Gasteiger partial charge is 0.239 e. The molecule has 3 N–H and O–H groups in total. The number of rotatable bonds is 7. The SMILES string of the molecule is CC(O)(CC(=O)NCC(=O)NCC1CC1)c1ccccc1. The van der Waals surface area contributed by atoms with E-state index in [0.717, 1.165) is 0 Å². The minimum atomic E-state index is -1.24. The lowest BCUT2D eigenvalue weighted by molar-refractivity contribution is -0.129. The Balaban J connectivity index is 1.74. The van der Waals surface area contributed by atoms with Crippen LogP contribution in [-0.2, 0) is 15.2 Å². The average Bonchev–Trinajstić information content (AvgIpc) is 3.27. The van der Waals surface area contributed by atoms with Gasteiger partial charge < -0.3 is 15.7 Å². The lowest BCUT2D eigenvalue weighted by Crippen LogP contribution is -2.40. The van der Waals surface area contributed by atoms with Gasteiger partial charge in [-0.1, -0.05) is 30.3 Å². The summed E-state index contributed by atoms with van der Waals surface area (Å²) in [6.07, 6.45) is 2.27. The summed E-state index contributed by atoms with van der Waals surface area (Å²) in [4.78, 5) is 23.4. The Morgan fingerprint density at radius 3 is 2.48 bits per heavy atom. The zero-order valence-electron chi connectivity index (χ0n) is 12.3. The van der Waals surface area contributed by atoms with Crippen LogP contribution in [0.3, 0.4) is 0 Å². The Kier molecular flexibility index (Phi) is 4.96. The van der Waals surface area contributed by atoms with Gasteiger partial charge in [-0.25, -0.2) is 0 Å². The largest absolute Gasteiger partial charge is 0.385 e. The molecule has 114 valence electrons. The first-order valence-electron chi connectivity index (χ1n) is 7.29. The molecule has 5 nitrogen and oxygen atoms in total. The average molecular weight is 290 g/mol. The van der Waals surface area contributed by atoms with Crippen LogP contribution in [0.15, 0.2) is 30.3 Å². The van der Waals surface area contributed by atoms with Crippen LogP contribution in [0.1, 0.15) is 31.7 Å². The molecule has 5 heteroatoms. The number of benzene rings is 1. The first-order chi connectivity index (χ1) is 9.97. The van der Waals surface area contributed by atoms with Crippen LogP contribution in [0.4, 0.5) is 0 Å². The molecule has 1 saturated carbocycles. The standard InChI is InChI=1S/C16H22N2O3/c1-16(21,13-5-3-2-4-6-13)9-14(19)18-11-15(20)17-10-12-7-8-12/h2-6,12,21H,7-11H2,1H3,(H,17,20)(H,18,19). The van der Waals surface area contributed by atoms with Gasteiger partial charge in [0, 0.05) is 6.54 Å². The van der Waals surface area contributed by atoms with E-state index in [-0.39, 0.29) is 24.8 Å². The van der Waals surface area contributed by atoms with Gasteiger partial charge in [-0.2, -0.15) is 0 Å². The molecule has 2 rings (SSSR count). The van der Waals surface area contributed by atoms with Gasteiger partial charge in [0.15, 0.2) is 0 Å². The number of carbonyl (C=O) groups is 2. The fraction of sp³-hybridized carbons (Fsp3) is 0.500. The van der Waals surface area contributed by atoms with Crippen molar-refractivity contribution in [3.8, 4) is 0 Å². The Labute approximate surface area is 124 Å². The summed E-state index contributed by atoms with van der Waals surface area (Å²) in [5, 5.41) is 15.7. The molecule has 1 aliphatic carbocycles.